The van der Waals surface area contributed by atoms with E-state index in [1.807, 2.05) is 54.8 Å². The molecular weight excluding hydrogens is 312 g/mol. The average Bonchev–Trinajstić information content (AvgIpc) is 3.04. The summed E-state index contributed by atoms with van der Waals surface area (Å²) in [6, 6.07) is 18.4. The highest BCUT2D eigenvalue weighted by atomic mass is 32.2. The van der Waals surface area contributed by atoms with Crippen LogP contribution in [0.1, 0.15) is 20.8 Å². The van der Waals surface area contributed by atoms with E-state index in [-0.39, 0.29) is 5.78 Å². The first-order valence-electron chi connectivity index (χ1n) is 6.82. The number of thiophene rings is 1. The van der Waals surface area contributed by atoms with Gasteiger partial charge in [-0.05, 0) is 30.5 Å². The second kappa shape index (κ2) is 6.38. The van der Waals surface area contributed by atoms with Gasteiger partial charge in [0.1, 0.15) is 0 Å². The van der Waals surface area contributed by atoms with Crippen LogP contribution in [0.3, 0.4) is 0 Å². The molecule has 0 saturated heterocycles. The number of rotatable bonds is 4. The molecular formula is C18H14O2S2. The number of ketones is 1. The van der Waals surface area contributed by atoms with Gasteiger partial charge < -0.3 is 0 Å². The van der Waals surface area contributed by atoms with E-state index >= 15 is 0 Å². The van der Waals surface area contributed by atoms with Crippen molar-refractivity contribution < 1.29 is 9.00 Å². The van der Waals surface area contributed by atoms with E-state index in [2.05, 4.69) is 0 Å². The first-order chi connectivity index (χ1) is 10.7. The summed E-state index contributed by atoms with van der Waals surface area (Å²) in [6.07, 6.45) is 0. The minimum absolute atomic E-state index is 0.0777. The van der Waals surface area contributed by atoms with Crippen molar-refractivity contribution in [2.24, 2.45) is 0 Å². The predicted octanol–water partition coefficient (Wildman–Crippen LogP) is 4.45. The van der Waals surface area contributed by atoms with Crippen LogP contribution in [0.15, 0.2) is 75.8 Å². The predicted molar refractivity (Wildman–Crippen MR) is 90.0 cm³/mol. The van der Waals surface area contributed by atoms with Crippen molar-refractivity contribution in [3.63, 3.8) is 0 Å². The Kier molecular flexibility index (Phi) is 4.32. The highest BCUT2D eigenvalue weighted by Crippen LogP contribution is 2.27. The third-order valence-corrected chi connectivity index (χ3v) is 5.79. The lowest BCUT2D eigenvalue weighted by Crippen LogP contribution is -2.03. The second-order valence-corrected chi connectivity index (χ2v) is 7.26. The molecule has 0 aliphatic carbocycles. The highest BCUT2D eigenvalue weighted by molar-refractivity contribution is 7.85. The zero-order valence-electron chi connectivity index (χ0n) is 12.0. The third kappa shape index (κ3) is 2.93. The molecule has 0 aliphatic heterocycles. The molecule has 0 aliphatic rings. The summed E-state index contributed by atoms with van der Waals surface area (Å²) in [6.45, 7) is 1.99. The van der Waals surface area contributed by atoms with Crippen LogP contribution in [0.2, 0.25) is 0 Å². The van der Waals surface area contributed by atoms with E-state index in [4.69, 9.17) is 0 Å². The van der Waals surface area contributed by atoms with Crippen molar-refractivity contribution >= 4 is 27.9 Å². The Labute approximate surface area is 135 Å². The molecule has 0 amide bonds. The summed E-state index contributed by atoms with van der Waals surface area (Å²) >= 11 is 1.34. The molecule has 1 atom stereocenters. The van der Waals surface area contributed by atoms with Gasteiger partial charge in [-0.25, -0.2) is 4.21 Å². The van der Waals surface area contributed by atoms with E-state index < -0.39 is 10.8 Å². The Bertz CT molecular complexity index is 818. The maximum atomic E-state index is 12.7. The van der Waals surface area contributed by atoms with Crippen molar-refractivity contribution in [3.05, 3.63) is 82.0 Å². The Hall–Kier alpha value is -2.04. The van der Waals surface area contributed by atoms with Crippen molar-refractivity contribution in [1.29, 1.82) is 0 Å². The largest absolute Gasteiger partial charge is 0.288 e. The van der Waals surface area contributed by atoms with Crippen LogP contribution in [0.5, 0.6) is 0 Å². The molecule has 0 saturated carbocycles. The molecule has 2 aromatic carbocycles. The fraction of sp³-hybridized carbons (Fsp3) is 0.0556. The standard InChI is InChI=1S/C18H14O2S2/c1-13-7-9-15(10-8-13)22(20)16-11-12-21-18(16)17(19)14-5-3-2-4-6-14/h2-12H,1H3. The Balaban J connectivity index is 1.97. The van der Waals surface area contributed by atoms with E-state index in [9.17, 15) is 9.00 Å². The maximum absolute atomic E-state index is 12.7. The Morgan fingerprint density at radius 1 is 0.955 bits per heavy atom. The Morgan fingerprint density at radius 3 is 2.32 bits per heavy atom. The summed E-state index contributed by atoms with van der Waals surface area (Å²) in [5.74, 6) is -0.0777. The minimum Gasteiger partial charge on any atom is -0.288 e. The molecule has 0 radical (unpaired) electrons. The quantitative estimate of drug-likeness (QED) is 0.664. The molecule has 1 unspecified atom stereocenters. The number of hydrogen-bond acceptors (Lipinski definition) is 3. The molecule has 4 heteroatoms. The molecule has 0 bridgehead atoms. The molecule has 2 nitrogen and oxygen atoms in total. The van der Waals surface area contributed by atoms with Crippen LogP contribution in [0, 0.1) is 6.92 Å². The third-order valence-electron chi connectivity index (χ3n) is 3.31. The van der Waals surface area contributed by atoms with Crippen LogP contribution in [-0.2, 0) is 10.8 Å². The fourth-order valence-corrected chi connectivity index (χ4v) is 4.42. The number of benzene rings is 2. The molecule has 1 heterocycles. The monoisotopic (exact) mass is 326 g/mol. The summed E-state index contributed by atoms with van der Waals surface area (Å²) in [5, 5.41) is 1.82. The van der Waals surface area contributed by atoms with Gasteiger partial charge >= 0.3 is 0 Å². The smallest absolute Gasteiger partial charge is 0.204 e. The van der Waals surface area contributed by atoms with Gasteiger partial charge in [-0.2, -0.15) is 0 Å². The van der Waals surface area contributed by atoms with E-state index in [0.29, 0.717) is 20.2 Å². The zero-order chi connectivity index (χ0) is 15.5. The lowest BCUT2D eigenvalue weighted by molar-refractivity contribution is 0.104. The van der Waals surface area contributed by atoms with Gasteiger partial charge in [-0.3, -0.25) is 4.79 Å². The minimum atomic E-state index is -1.34. The van der Waals surface area contributed by atoms with Gasteiger partial charge in [0, 0.05) is 10.5 Å². The highest BCUT2D eigenvalue weighted by Gasteiger charge is 2.20. The molecule has 3 aromatic rings. The summed E-state index contributed by atoms with van der Waals surface area (Å²) in [5.41, 5.74) is 1.73. The van der Waals surface area contributed by atoms with E-state index in [1.165, 1.54) is 11.3 Å². The summed E-state index contributed by atoms with van der Waals surface area (Å²) in [7, 11) is -1.34. The molecule has 22 heavy (non-hydrogen) atoms. The van der Waals surface area contributed by atoms with E-state index in [1.54, 1.807) is 18.2 Å². The van der Waals surface area contributed by atoms with Crippen LogP contribution in [0.4, 0.5) is 0 Å². The first kappa shape index (κ1) is 14.9. The van der Waals surface area contributed by atoms with Gasteiger partial charge in [0.15, 0.2) is 0 Å². The Morgan fingerprint density at radius 2 is 1.64 bits per heavy atom. The van der Waals surface area contributed by atoms with Crippen LogP contribution < -0.4 is 0 Å². The second-order valence-electron chi connectivity index (χ2n) is 4.89. The van der Waals surface area contributed by atoms with Crippen molar-refractivity contribution in [3.8, 4) is 0 Å². The zero-order valence-corrected chi connectivity index (χ0v) is 13.6. The normalized spacial score (nSPS) is 12.0. The number of aryl methyl sites for hydroxylation is 1. The molecule has 1 aromatic heterocycles. The average molecular weight is 326 g/mol. The van der Waals surface area contributed by atoms with Gasteiger partial charge in [0.25, 0.3) is 0 Å². The van der Waals surface area contributed by atoms with E-state index in [0.717, 1.165) is 5.56 Å². The first-order valence-corrected chi connectivity index (χ1v) is 8.85. The maximum Gasteiger partial charge on any atom is 0.204 e. The topological polar surface area (TPSA) is 34.1 Å². The number of carbonyl (C=O) groups is 1. The molecule has 0 N–H and O–H groups in total. The van der Waals surface area contributed by atoms with Crippen molar-refractivity contribution in [2.75, 3.05) is 0 Å². The van der Waals surface area contributed by atoms with Crippen LogP contribution in [-0.4, -0.2) is 9.99 Å². The van der Waals surface area contributed by atoms with Crippen LogP contribution >= 0.6 is 11.3 Å². The van der Waals surface area contributed by atoms with Crippen molar-refractivity contribution in [1.82, 2.24) is 0 Å². The number of hydrogen-bond donors (Lipinski definition) is 0. The van der Waals surface area contributed by atoms with Gasteiger partial charge in [0.05, 0.1) is 20.6 Å². The molecule has 0 spiro atoms. The van der Waals surface area contributed by atoms with Crippen LogP contribution in [0.25, 0.3) is 0 Å². The molecule has 110 valence electrons. The fourth-order valence-electron chi connectivity index (χ4n) is 2.12. The van der Waals surface area contributed by atoms with Crippen molar-refractivity contribution in [2.45, 2.75) is 16.7 Å². The molecule has 3 rings (SSSR count). The molecule has 0 fully saturated rings. The lowest BCUT2D eigenvalue weighted by atomic mass is 10.1. The SMILES string of the molecule is Cc1ccc(S(=O)c2ccsc2C(=O)c2ccccc2)cc1. The van der Waals surface area contributed by atoms with Gasteiger partial charge in [-0.1, -0.05) is 48.0 Å². The summed E-state index contributed by atoms with van der Waals surface area (Å²) in [4.78, 5) is 14.4. The van der Waals surface area contributed by atoms with Gasteiger partial charge in [-0.15, -0.1) is 11.3 Å². The number of carbonyl (C=O) groups excluding carboxylic acids is 1. The lowest BCUT2D eigenvalue weighted by Gasteiger charge is -2.04. The summed E-state index contributed by atoms with van der Waals surface area (Å²) < 4.78 is 12.7. The van der Waals surface area contributed by atoms with Gasteiger partial charge in [0.2, 0.25) is 5.78 Å².